The van der Waals surface area contributed by atoms with Crippen LogP contribution in [0.4, 0.5) is 11.5 Å². The van der Waals surface area contributed by atoms with Gasteiger partial charge in [0.05, 0.1) is 5.60 Å². The Balaban J connectivity index is 1.40. The van der Waals surface area contributed by atoms with Gasteiger partial charge in [-0.1, -0.05) is 53.8 Å². The van der Waals surface area contributed by atoms with Crippen LogP contribution < -0.4 is 10.1 Å². The Kier molecular flexibility index (Phi) is 5.41. The molecule has 0 unspecified atom stereocenters. The first-order chi connectivity index (χ1) is 15.5. The second-order valence-corrected chi connectivity index (χ2v) is 9.57. The minimum atomic E-state index is -0.907. The molecule has 0 radical (unpaired) electrons. The summed E-state index contributed by atoms with van der Waals surface area (Å²) in [6.07, 6.45) is 4.13. The summed E-state index contributed by atoms with van der Waals surface area (Å²) in [5.74, 6) is 1.94. The van der Waals surface area contributed by atoms with Gasteiger partial charge in [0.2, 0.25) is 5.06 Å². The fraction of sp³-hybridized carbons (Fsp3) is 0.231. The Morgan fingerprint density at radius 1 is 1.03 bits per heavy atom. The number of benzene rings is 2. The van der Waals surface area contributed by atoms with E-state index in [9.17, 15) is 5.11 Å². The third kappa shape index (κ3) is 4.66. The van der Waals surface area contributed by atoms with Crippen LogP contribution in [0.15, 0.2) is 72.9 Å². The van der Waals surface area contributed by atoms with Crippen LogP contribution in [0, 0.1) is 0 Å². The largest absolute Gasteiger partial charge is 0.444 e. The lowest BCUT2D eigenvalue weighted by Crippen LogP contribution is -2.15. The van der Waals surface area contributed by atoms with Gasteiger partial charge in [-0.3, -0.25) is 0 Å². The van der Waals surface area contributed by atoms with Gasteiger partial charge in [0.15, 0.2) is 0 Å². The summed E-state index contributed by atoms with van der Waals surface area (Å²) < 4.78 is 6.31. The Morgan fingerprint density at radius 2 is 1.84 bits per heavy atom. The number of anilines is 2. The molecule has 2 aromatic carbocycles. The quantitative estimate of drug-likeness (QED) is 0.327. The molecule has 0 aliphatic heterocycles. The zero-order chi connectivity index (χ0) is 22.1. The molecule has 0 atom stereocenters. The molecule has 2 N–H and O–H groups in total. The molecule has 0 saturated heterocycles. The number of aliphatic hydroxyl groups is 1. The van der Waals surface area contributed by atoms with Crippen LogP contribution in [-0.2, 0) is 5.60 Å². The molecular weight excluding hydrogens is 418 g/mol. The third-order valence-corrected chi connectivity index (χ3v) is 6.47. The number of aromatic nitrogens is 2. The van der Waals surface area contributed by atoms with Crippen molar-refractivity contribution in [3.63, 3.8) is 0 Å². The van der Waals surface area contributed by atoms with Crippen molar-refractivity contribution in [2.45, 2.75) is 38.2 Å². The summed E-state index contributed by atoms with van der Waals surface area (Å²) >= 11 is 1.63. The minimum absolute atomic E-state index is 0.567. The zero-order valence-corrected chi connectivity index (χ0v) is 18.9. The molecule has 0 spiro atoms. The van der Waals surface area contributed by atoms with E-state index in [2.05, 4.69) is 22.4 Å². The molecule has 5 nitrogen and oxygen atoms in total. The monoisotopic (exact) mass is 443 g/mol. The van der Waals surface area contributed by atoms with Gasteiger partial charge in [-0.25, -0.2) is 9.97 Å². The summed E-state index contributed by atoms with van der Waals surface area (Å²) in [7, 11) is 0. The van der Waals surface area contributed by atoms with E-state index in [1.165, 1.54) is 12.8 Å². The van der Waals surface area contributed by atoms with Crippen LogP contribution in [-0.4, -0.2) is 15.1 Å². The lowest BCUT2D eigenvalue weighted by molar-refractivity contribution is 0.0786. The van der Waals surface area contributed by atoms with E-state index in [0.29, 0.717) is 17.5 Å². The van der Waals surface area contributed by atoms with Crippen molar-refractivity contribution in [2.75, 3.05) is 5.32 Å². The van der Waals surface area contributed by atoms with E-state index in [4.69, 9.17) is 9.72 Å². The number of nitrogens with one attached hydrogen (secondary N) is 1. The highest BCUT2D eigenvalue weighted by Gasteiger charge is 2.29. The molecule has 2 heterocycles. The third-order valence-electron chi connectivity index (χ3n) is 5.37. The van der Waals surface area contributed by atoms with E-state index >= 15 is 0 Å². The van der Waals surface area contributed by atoms with Crippen molar-refractivity contribution < 1.29 is 9.84 Å². The van der Waals surface area contributed by atoms with Gasteiger partial charge in [-0.2, -0.15) is 0 Å². The van der Waals surface area contributed by atoms with Crippen LogP contribution >= 0.6 is 11.3 Å². The molecule has 32 heavy (non-hydrogen) atoms. The SMILES string of the molecule is CC(C)(O)c1cccc(Nc2cc(Oc3sc(C4CC4)nc3-c3ccccc3)ccn2)c1. The molecular formula is C26H25N3O2S. The number of thiazole rings is 1. The molecule has 4 aromatic rings. The lowest BCUT2D eigenvalue weighted by atomic mass is 9.98. The highest BCUT2D eigenvalue weighted by molar-refractivity contribution is 7.14. The van der Waals surface area contributed by atoms with Gasteiger partial charge >= 0.3 is 0 Å². The zero-order valence-electron chi connectivity index (χ0n) is 18.1. The topological polar surface area (TPSA) is 67.3 Å². The first-order valence-electron chi connectivity index (χ1n) is 10.8. The Bertz CT molecular complexity index is 1230. The summed E-state index contributed by atoms with van der Waals surface area (Å²) in [6.45, 7) is 3.54. The van der Waals surface area contributed by atoms with E-state index in [-0.39, 0.29) is 0 Å². The van der Waals surface area contributed by atoms with E-state index in [1.54, 1.807) is 31.4 Å². The number of hydrogen-bond donors (Lipinski definition) is 2. The van der Waals surface area contributed by atoms with Gasteiger partial charge in [0.1, 0.15) is 22.3 Å². The van der Waals surface area contributed by atoms with Gasteiger partial charge in [-0.05, 0) is 50.5 Å². The average Bonchev–Trinajstić information content (AvgIpc) is 3.55. The molecule has 1 aliphatic rings. The predicted octanol–water partition coefficient (Wildman–Crippen LogP) is 6.85. The van der Waals surface area contributed by atoms with Crippen LogP contribution in [0.2, 0.25) is 0 Å². The molecule has 2 aromatic heterocycles. The molecule has 1 aliphatic carbocycles. The van der Waals surface area contributed by atoms with Crippen LogP contribution in [0.5, 0.6) is 10.8 Å². The van der Waals surface area contributed by atoms with E-state index in [0.717, 1.165) is 32.6 Å². The van der Waals surface area contributed by atoms with Crippen molar-refractivity contribution in [1.29, 1.82) is 0 Å². The average molecular weight is 444 g/mol. The maximum Gasteiger partial charge on any atom is 0.208 e. The number of rotatable bonds is 7. The van der Waals surface area contributed by atoms with Crippen LogP contribution in [0.1, 0.15) is 43.2 Å². The number of pyridine rings is 1. The Hall–Kier alpha value is -3.22. The van der Waals surface area contributed by atoms with E-state index < -0.39 is 5.60 Å². The number of ether oxygens (including phenoxy) is 1. The fourth-order valence-corrected chi connectivity index (χ4v) is 4.58. The maximum atomic E-state index is 10.3. The minimum Gasteiger partial charge on any atom is -0.444 e. The van der Waals surface area contributed by atoms with Gasteiger partial charge < -0.3 is 15.2 Å². The van der Waals surface area contributed by atoms with Gasteiger partial charge in [0, 0.05) is 29.4 Å². The molecule has 0 bridgehead atoms. The normalized spacial score (nSPS) is 13.7. The summed E-state index contributed by atoms with van der Waals surface area (Å²) in [4.78, 5) is 9.33. The van der Waals surface area contributed by atoms with Crippen LogP contribution in [0.3, 0.4) is 0 Å². The highest BCUT2D eigenvalue weighted by atomic mass is 32.1. The molecule has 162 valence electrons. The van der Waals surface area contributed by atoms with Gasteiger partial charge in [-0.15, -0.1) is 0 Å². The molecule has 6 heteroatoms. The first kappa shape index (κ1) is 20.7. The first-order valence-corrected chi connectivity index (χ1v) is 11.6. The second-order valence-electron chi connectivity index (χ2n) is 8.57. The smallest absolute Gasteiger partial charge is 0.208 e. The maximum absolute atomic E-state index is 10.3. The Morgan fingerprint density at radius 3 is 2.59 bits per heavy atom. The predicted molar refractivity (Wildman–Crippen MR) is 129 cm³/mol. The lowest BCUT2D eigenvalue weighted by Gasteiger charge is -2.18. The van der Waals surface area contributed by atoms with Crippen molar-refractivity contribution in [1.82, 2.24) is 9.97 Å². The summed E-state index contributed by atoms with van der Waals surface area (Å²) in [5.41, 5.74) is 2.73. The van der Waals surface area contributed by atoms with Crippen molar-refractivity contribution in [2.24, 2.45) is 0 Å². The van der Waals surface area contributed by atoms with Crippen molar-refractivity contribution in [3.8, 4) is 22.1 Å². The van der Waals surface area contributed by atoms with E-state index in [1.807, 2.05) is 54.6 Å². The molecule has 0 amide bonds. The van der Waals surface area contributed by atoms with Crippen molar-refractivity contribution in [3.05, 3.63) is 83.5 Å². The molecule has 1 saturated carbocycles. The standard InChI is InChI=1S/C26H25N3O2S/c1-26(2,30)19-9-6-10-20(15-19)28-22-16-21(13-14-27-22)31-25-23(17-7-4-3-5-8-17)29-24(32-25)18-11-12-18/h3-10,13-16,18,30H,11-12H2,1-2H3,(H,27,28). The molecule has 5 rings (SSSR count). The molecule has 1 fully saturated rings. The highest BCUT2D eigenvalue weighted by Crippen LogP contribution is 2.48. The Labute approximate surface area is 191 Å². The fourth-order valence-electron chi connectivity index (χ4n) is 3.45. The number of nitrogens with zero attached hydrogens (tertiary/aromatic N) is 2. The summed E-state index contributed by atoms with van der Waals surface area (Å²) in [5, 5.41) is 15.5. The van der Waals surface area contributed by atoms with Crippen molar-refractivity contribution >= 4 is 22.8 Å². The van der Waals surface area contributed by atoms with Gasteiger partial charge in [0.25, 0.3) is 0 Å². The summed E-state index contributed by atoms with van der Waals surface area (Å²) in [6, 6.07) is 21.6. The van der Waals surface area contributed by atoms with Crippen LogP contribution in [0.25, 0.3) is 11.3 Å². The second kappa shape index (κ2) is 8.37. The number of hydrogen-bond acceptors (Lipinski definition) is 6.